The van der Waals surface area contributed by atoms with Gasteiger partial charge in [0.1, 0.15) is 0 Å². The van der Waals surface area contributed by atoms with Crippen LogP contribution < -0.4 is 5.73 Å². The molecule has 1 rings (SSSR count). The van der Waals surface area contributed by atoms with Crippen molar-refractivity contribution in [2.75, 3.05) is 0 Å². The van der Waals surface area contributed by atoms with Gasteiger partial charge in [-0.2, -0.15) is 5.10 Å². The van der Waals surface area contributed by atoms with E-state index in [9.17, 15) is 4.79 Å². The normalized spacial score (nSPS) is 9.91. The van der Waals surface area contributed by atoms with Crippen LogP contribution in [0.1, 0.15) is 6.42 Å². The molecule has 0 atom stereocenters. The minimum atomic E-state index is -0.309. The molecule has 60 valence electrons. The van der Waals surface area contributed by atoms with Crippen molar-refractivity contribution < 1.29 is 4.79 Å². The number of hydrogen-bond donors (Lipinski definition) is 1. The van der Waals surface area contributed by atoms with E-state index in [2.05, 4.69) is 21.0 Å². The summed E-state index contributed by atoms with van der Waals surface area (Å²) in [5.41, 5.74) is 4.96. The molecule has 4 nitrogen and oxygen atoms in total. The quantitative estimate of drug-likeness (QED) is 0.803. The van der Waals surface area contributed by atoms with Crippen molar-refractivity contribution in [2.24, 2.45) is 5.73 Å². The number of carbonyl (C=O) groups is 1. The molecule has 0 aliphatic carbocycles. The van der Waals surface area contributed by atoms with Gasteiger partial charge in [0, 0.05) is 19.2 Å². The van der Waals surface area contributed by atoms with E-state index in [-0.39, 0.29) is 5.91 Å². The fraction of sp³-hybridized carbons (Fsp3) is 0.333. The van der Waals surface area contributed by atoms with E-state index in [0.717, 1.165) is 4.47 Å². The average molecular weight is 218 g/mol. The van der Waals surface area contributed by atoms with Gasteiger partial charge in [0.25, 0.3) is 0 Å². The van der Waals surface area contributed by atoms with Gasteiger partial charge in [-0.15, -0.1) is 0 Å². The summed E-state index contributed by atoms with van der Waals surface area (Å²) >= 11 is 3.24. The standard InChI is InChI=1S/C6H8BrN3O/c7-5-3-9-10(4-5)2-1-6(8)11/h3-4H,1-2H2,(H2,8,11). The van der Waals surface area contributed by atoms with Crippen molar-refractivity contribution in [2.45, 2.75) is 13.0 Å². The largest absolute Gasteiger partial charge is 0.370 e. The van der Waals surface area contributed by atoms with Gasteiger partial charge >= 0.3 is 0 Å². The van der Waals surface area contributed by atoms with Crippen LogP contribution in [0, 0.1) is 0 Å². The van der Waals surface area contributed by atoms with Crippen molar-refractivity contribution in [1.82, 2.24) is 9.78 Å². The summed E-state index contributed by atoms with van der Waals surface area (Å²) in [6.07, 6.45) is 3.79. The highest BCUT2D eigenvalue weighted by molar-refractivity contribution is 9.10. The molecule has 0 saturated carbocycles. The first-order chi connectivity index (χ1) is 5.18. The minimum Gasteiger partial charge on any atom is -0.370 e. The van der Waals surface area contributed by atoms with Crippen LogP contribution in [-0.4, -0.2) is 15.7 Å². The number of halogens is 1. The van der Waals surface area contributed by atoms with Gasteiger partial charge in [0.15, 0.2) is 0 Å². The summed E-state index contributed by atoms with van der Waals surface area (Å²) in [6, 6.07) is 0. The highest BCUT2D eigenvalue weighted by Gasteiger charge is 1.97. The molecule has 0 fully saturated rings. The first-order valence-corrected chi connectivity index (χ1v) is 3.94. The summed E-state index contributed by atoms with van der Waals surface area (Å²) < 4.78 is 2.57. The number of aromatic nitrogens is 2. The molecule has 0 aliphatic heterocycles. The second-order valence-corrected chi connectivity index (χ2v) is 3.05. The van der Waals surface area contributed by atoms with Crippen molar-refractivity contribution in [1.29, 1.82) is 0 Å². The van der Waals surface area contributed by atoms with Crippen LogP contribution in [-0.2, 0) is 11.3 Å². The molecule has 0 saturated heterocycles. The van der Waals surface area contributed by atoms with Crippen LogP contribution in [0.5, 0.6) is 0 Å². The maximum Gasteiger partial charge on any atom is 0.219 e. The number of nitrogens with zero attached hydrogens (tertiary/aromatic N) is 2. The number of rotatable bonds is 3. The highest BCUT2D eigenvalue weighted by atomic mass is 79.9. The lowest BCUT2D eigenvalue weighted by molar-refractivity contribution is -0.118. The Morgan fingerprint density at radius 3 is 3.00 bits per heavy atom. The van der Waals surface area contributed by atoms with Crippen molar-refractivity contribution >= 4 is 21.8 Å². The fourth-order valence-corrected chi connectivity index (χ4v) is 1.01. The zero-order valence-corrected chi connectivity index (χ0v) is 7.41. The molecule has 1 aromatic rings. The van der Waals surface area contributed by atoms with Crippen LogP contribution in [0.2, 0.25) is 0 Å². The van der Waals surface area contributed by atoms with E-state index in [1.54, 1.807) is 17.1 Å². The molecule has 1 heterocycles. The Bertz CT molecular complexity index is 258. The topological polar surface area (TPSA) is 60.9 Å². The molecule has 5 heteroatoms. The molecule has 0 unspecified atom stereocenters. The second-order valence-electron chi connectivity index (χ2n) is 2.14. The number of aryl methyl sites for hydroxylation is 1. The summed E-state index contributed by atoms with van der Waals surface area (Å²) in [6.45, 7) is 0.543. The van der Waals surface area contributed by atoms with E-state index in [1.165, 1.54) is 0 Å². The van der Waals surface area contributed by atoms with E-state index < -0.39 is 0 Å². The molecule has 11 heavy (non-hydrogen) atoms. The Morgan fingerprint density at radius 2 is 2.55 bits per heavy atom. The Balaban J connectivity index is 2.45. The molecular weight excluding hydrogens is 210 g/mol. The predicted octanol–water partition coefficient (Wildman–Crippen LogP) is 0.521. The van der Waals surface area contributed by atoms with Gasteiger partial charge in [0.05, 0.1) is 10.7 Å². The lowest BCUT2D eigenvalue weighted by atomic mass is 10.4. The van der Waals surface area contributed by atoms with Crippen molar-refractivity contribution in [3.05, 3.63) is 16.9 Å². The van der Waals surface area contributed by atoms with Crippen molar-refractivity contribution in [3.8, 4) is 0 Å². The van der Waals surface area contributed by atoms with Gasteiger partial charge in [-0.3, -0.25) is 9.48 Å². The third-order valence-corrected chi connectivity index (χ3v) is 1.60. The Morgan fingerprint density at radius 1 is 1.82 bits per heavy atom. The predicted molar refractivity (Wildman–Crippen MR) is 43.7 cm³/mol. The Kier molecular flexibility index (Phi) is 2.64. The van der Waals surface area contributed by atoms with Crippen molar-refractivity contribution in [3.63, 3.8) is 0 Å². The fourth-order valence-electron chi connectivity index (χ4n) is 0.685. The lowest BCUT2D eigenvalue weighted by Gasteiger charge is -1.95. The zero-order valence-electron chi connectivity index (χ0n) is 5.83. The van der Waals surface area contributed by atoms with E-state index in [0.29, 0.717) is 13.0 Å². The van der Waals surface area contributed by atoms with Crippen LogP contribution in [0.25, 0.3) is 0 Å². The molecule has 0 bridgehead atoms. The van der Waals surface area contributed by atoms with Gasteiger partial charge in [-0.1, -0.05) is 0 Å². The molecule has 1 aromatic heterocycles. The van der Waals surface area contributed by atoms with E-state index in [4.69, 9.17) is 5.73 Å². The molecule has 2 N–H and O–H groups in total. The zero-order chi connectivity index (χ0) is 8.27. The average Bonchev–Trinajstić information content (AvgIpc) is 2.31. The van der Waals surface area contributed by atoms with Gasteiger partial charge in [-0.05, 0) is 15.9 Å². The smallest absolute Gasteiger partial charge is 0.219 e. The van der Waals surface area contributed by atoms with Crippen LogP contribution in [0.15, 0.2) is 16.9 Å². The first kappa shape index (κ1) is 8.26. The first-order valence-electron chi connectivity index (χ1n) is 3.15. The van der Waals surface area contributed by atoms with Crippen LogP contribution >= 0.6 is 15.9 Å². The maximum absolute atomic E-state index is 10.3. The van der Waals surface area contributed by atoms with E-state index >= 15 is 0 Å². The number of amides is 1. The third kappa shape index (κ3) is 2.71. The lowest BCUT2D eigenvalue weighted by Crippen LogP contribution is -2.13. The minimum absolute atomic E-state index is 0.309. The summed E-state index contributed by atoms with van der Waals surface area (Å²) in [5, 5.41) is 3.95. The molecule has 0 aromatic carbocycles. The molecule has 0 radical (unpaired) electrons. The number of hydrogen-bond acceptors (Lipinski definition) is 2. The second kappa shape index (κ2) is 3.52. The Hall–Kier alpha value is -0.840. The SMILES string of the molecule is NC(=O)CCn1cc(Br)cn1. The number of carbonyl (C=O) groups excluding carboxylic acids is 1. The van der Waals surface area contributed by atoms with Gasteiger partial charge in [0.2, 0.25) is 5.91 Å². The Labute approximate surface area is 72.5 Å². The summed E-state index contributed by atoms with van der Waals surface area (Å²) in [7, 11) is 0. The molecule has 0 spiro atoms. The van der Waals surface area contributed by atoms with Gasteiger partial charge < -0.3 is 5.73 Å². The van der Waals surface area contributed by atoms with E-state index in [1.807, 2.05) is 0 Å². The van der Waals surface area contributed by atoms with Crippen LogP contribution in [0.4, 0.5) is 0 Å². The number of primary amides is 1. The maximum atomic E-state index is 10.3. The highest BCUT2D eigenvalue weighted by Crippen LogP contribution is 2.05. The summed E-state index contributed by atoms with van der Waals surface area (Å²) in [4.78, 5) is 10.3. The number of nitrogens with two attached hydrogens (primary N) is 1. The third-order valence-electron chi connectivity index (χ3n) is 1.19. The van der Waals surface area contributed by atoms with Gasteiger partial charge in [-0.25, -0.2) is 0 Å². The molecule has 1 amide bonds. The van der Waals surface area contributed by atoms with Crippen LogP contribution in [0.3, 0.4) is 0 Å². The molecular formula is C6H8BrN3O. The molecule has 0 aliphatic rings. The summed E-state index contributed by atoms with van der Waals surface area (Å²) in [5.74, 6) is -0.309. The monoisotopic (exact) mass is 217 g/mol.